The fraction of sp³-hybridized carbons (Fsp3) is 0.350. The van der Waals surface area contributed by atoms with Crippen molar-refractivity contribution in [2.24, 2.45) is 16.6 Å². The minimum absolute atomic E-state index is 0.0850. The molecule has 0 radical (unpaired) electrons. The van der Waals surface area contributed by atoms with Gasteiger partial charge < -0.3 is 27.2 Å². The van der Waals surface area contributed by atoms with E-state index in [1.165, 1.54) is 40.7 Å². The molecule has 2 aromatic rings. The van der Waals surface area contributed by atoms with Gasteiger partial charge in [0.2, 0.25) is 21.1 Å². The number of hydrogen-bond donors (Lipinski definition) is 6. The van der Waals surface area contributed by atoms with E-state index >= 15 is 0 Å². The van der Waals surface area contributed by atoms with E-state index in [0.717, 1.165) is 16.7 Å². The molecule has 1 aromatic carbocycles. The number of primary amides is 1. The van der Waals surface area contributed by atoms with Gasteiger partial charge in [-0.05, 0) is 33.7 Å². The minimum atomic E-state index is -3.74. The molecular formula is C20H24N10O7S3. The molecule has 4 amide bonds. The summed E-state index contributed by atoms with van der Waals surface area (Å²) in [6.45, 7) is -0.0850. The van der Waals surface area contributed by atoms with Gasteiger partial charge in [-0.3, -0.25) is 14.5 Å². The van der Waals surface area contributed by atoms with Crippen LogP contribution < -0.4 is 27.2 Å². The number of aliphatic carboxylic acids is 1. The lowest BCUT2D eigenvalue weighted by Gasteiger charge is -2.49. The molecule has 1 aromatic heterocycles. The van der Waals surface area contributed by atoms with Crippen molar-refractivity contribution in [2.75, 3.05) is 22.6 Å². The van der Waals surface area contributed by atoms with Crippen molar-refractivity contribution in [3.63, 3.8) is 0 Å². The SMILES string of the molecule is NC(=O)Nc1ccc(C(N)C(=O)NC2C(=O)N3C(C(=O)O)=C(CSc4nnnn4CCS(N)(=O)=O)CS[C@H]23)cc1. The number of carbonyl (C=O) groups excluding carboxylic acids is 3. The van der Waals surface area contributed by atoms with Crippen LogP contribution in [0.15, 0.2) is 40.7 Å². The second-order valence-electron chi connectivity index (χ2n) is 8.58. The Labute approximate surface area is 235 Å². The number of anilines is 1. The summed E-state index contributed by atoms with van der Waals surface area (Å²) in [6, 6.07) is 3.24. The number of hydrogen-bond acceptors (Lipinski definition) is 12. The van der Waals surface area contributed by atoms with Gasteiger partial charge in [-0.1, -0.05) is 23.9 Å². The van der Waals surface area contributed by atoms with Gasteiger partial charge in [0.05, 0.1) is 12.3 Å². The molecule has 3 atom stereocenters. The molecule has 0 spiro atoms. The van der Waals surface area contributed by atoms with E-state index in [1.54, 1.807) is 0 Å². The second-order valence-corrected chi connectivity index (χ2v) is 12.4. The summed E-state index contributed by atoms with van der Waals surface area (Å²) >= 11 is 2.35. The minimum Gasteiger partial charge on any atom is -0.477 e. The quantitative estimate of drug-likeness (QED) is 0.118. The zero-order valence-electron chi connectivity index (χ0n) is 20.5. The van der Waals surface area contributed by atoms with Crippen LogP contribution in [0.2, 0.25) is 0 Å². The van der Waals surface area contributed by atoms with Crippen molar-refractivity contribution in [1.82, 2.24) is 30.4 Å². The van der Waals surface area contributed by atoms with Gasteiger partial charge in [-0.2, -0.15) is 0 Å². The van der Waals surface area contributed by atoms with Crippen molar-refractivity contribution >= 4 is 63.0 Å². The van der Waals surface area contributed by atoms with Gasteiger partial charge in [-0.15, -0.1) is 16.9 Å². The molecule has 2 aliphatic rings. The van der Waals surface area contributed by atoms with E-state index in [0.29, 0.717) is 16.8 Å². The summed E-state index contributed by atoms with van der Waals surface area (Å²) < 4.78 is 23.7. The van der Waals surface area contributed by atoms with Crippen LogP contribution in [0.3, 0.4) is 0 Å². The number of tetrazole rings is 1. The second kappa shape index (κ2) is 11.8. The summed E-state index contributed by atoms with van der Waals surface area (Å²) in [4.78, 5) is 49.9. The molecule has 20 heteroatoms. The summed E-state index contributed by atoms with van der Waals surface area (Å²) in [5.74, 6) is -2.57. The number of carboxylic acid groups (broad SMARTS) is 1. The normalized spacial score (nSPS) is 19.4. The van der Waals surface area contributed by atoms with Gasteiger partial charge in [0.25, 0.3) is 5.91 Å². The van der Waals surface area contributed by atoms with Crippen LogP contribution in [0.1, 0.15) is 11.6 Å². The topological polar surface area (TPSA) is 272 Å². The fourth-order valence-electron chi connectivity index (χ4n) is 3.91. The van der Waals surface area contributed by atoms with Gasteiger partial charge in [0.15, 0.2) is 0 Å². The number of aryl methyl sites for hydroxylation is 1. The predicted molar refractivity (Wildman–Crippen MR) is 143 cm³/mol. The van der Waals surface area contributed by atoms with E-state index in [9.17, 15) is 32.7 Å². The molecule has 0 saturated carbocycles. The predicted octanol–water partition coefficient (Wildman–Crippen LogP) is -2.02. The molecule has 1 fully saturated rings. The molecule has 214 valence electrons. The number of benzene rings is 1. The van der Waals surface area contributed by atoms with Gasteiger partial charge in [0, 0.05) is 17.2 Å². The molecule has 40 heavy (non-hydrogen) atoms. The molecule has 0 aliphatic carbocycles. The number of primary sulfonamides is 1. The van der Waals surface area contributed by atoms with Crippen LogP contribution in [-0.4, -0.2) is 91.1 Å². The third-order valence-corrected chi connectivity index (χ3v) is 8.96. The number of nitrogens with zero attached hydrogens (tertiary/aromatic N) is 5. The zero-order chi connectivity index (χ0) is 29.2. The summed E-state index contributed by atoms with van der Waals surface area (Å²) in [5, 5.41) is 30.5. The Kier molecular flexibility index (Phi) is 8.63. The average Bonchev–Trinajstić information content (AvgIpc) is 3.35. The lowest BCUT2D eigenvalue weighted by Crippen LogP contribution is -2.71. The lowest BCUT2D eigenvalue weighted by molar-refractivity contribution is -0.150. The van der Waals surface area contributed by atoms with Crippen LogP contribution in [0.4, 0.5) is 10.5 Å². The van der Waals surface area contributed by atoms with E-state index in [-0.39, 0.29) is 34.7 Å². The Morgan fingerprint density at radius 3 is 2.58 bits per heavy atom. The summed E-state index contributed by atoms with van der Waals surface area (Å²) in [6.07, 6.45) is 0. The van der Waals surface area contributed by atoms with E-state index in [2.05, 4.69) is 26.2 Å². The molecule has 2 unspecified atom stereocenters. The van der Waals surface area contributed by atoms with Crippen LogP contribution in [0.5, 0.6) is 0 Å². The Hall–Kier alpha value is -3.72. The number of carbonyl (C=O) groups is 4. The highest BCUT2D eigenvalue weighted by atomic mass is 32.2. The number of aromatic nitrogens is 4. The Morgan fingerprint density at radius 1 is 1.25 bits per heavy atom. The first-order valence-electron chi connectivity index (χ1n) is 11.4. The Bertz CT molecular complexity index is 1480. The summed E-state index contributed by atoms with van der Waals surface area (Å²) in [5.41, 5.74) is 12.2. The van der Waals surface area contributed by atoms with Crippen molar-refractivity contribution in [3.05, 3.63) is 41.1 Å². The maximum absolute atomic E-state index is 13.0. The number of fused-ring (bicyclic) bond motifs is 1. The Balaban J connectivity index is 1.40. The number of rotatable bonds is 11. The van der Waals surface area contributed by atoms with E-state index < -0.39 is 51.3 Å². The third kappa shape index (κ3) is 6.53. The number of urea groups is 1. The van der Waals surface area contributed by atoms with Gasteiger partial charge >= 0.3 is 12.0 Å². The van der Waals surface area contributed by atoms with Crippen LogP contribution in [0, 0.1) is 0 Å². The smallest absolute Gasteiger partial charge is 0.352 e. The van der Waals surface area contributed by atoms with Crippen molar-refractivity contribution in [2.45, 2.75) is 29.2 Å². The molecule has 17 nitrogen and oxygen atoms in total. The fourth-order valence-corrected chi connectivity index (χ4v) is 6.73. The highest BCUT2D eigenvalue weighted by Crippen LogP contribution is 2.41. The number of thioether (sulfide) groups is 2. The monoisotopic (exact) mass is 612 g/mol. The largest absolute Gasteiger partial charge is 0.477 e. The van der Waals surface area contributed by atoms with Gasteiger partial charge in [0.1, 0.15) is 23.2 Å². The first-order valence-corrected chi connectivity index (χ1v) is 15.1. The van der Waals surface area contributed by atoms with Crippen LogP contribution >= 0.6 is 23.5 Å². The molecule has 1 saturated heterocycles. The number of carboxylic acids is 1. The Morgan fingerprint density at radius 2 is 1.95 bits per heavy atom. The number of β-lactam (4-membered cyclic amide) rings is 1. The maximum atomic E-state index is 13.0. The van der Waals surface area contributed by atoms with E-state index in [1.807, 2.05) is 0 Å². The molecule has 9 N–H and O–H groups in total. The number of nitrogens with two attached hydrogens (primary N) is 3. The van der Waals surface area contributed by atoms with Crippen molar-refractivity contribution in [1.29, 1.82) is 0 Å². The van der Waals surface area contributed by atoms with E-state index in [4.69, 9.17) is 16.6 Å². The highest BCUT2D eigenvalue weighted by Gasteiger charge is 2.54. The van der Waals surface area contributed by atoms with Crippen LogP contribution in [0.25, 0.3) is 0 Å². The first-order chi connectivity index (χ1) is 18.9. The number of sulfonamides is 1. The average molecular weight is 613 g/mol. The summed E-state index contributed by atoms with van der Waals surface area (Å²) in [7, 11) is -3.74. The van der Waals surface area contributed by atoms with Crippen molar-refractivity contribution < 1.29 is 32.7 Å². The molecule has 3 heterocycles. The first kappa shape index (κ1) is 29.3. The molecule has 0 bridgehead atoms. The number of nitrogens with one attached hydrogen (secondary N) is 2. The highest BCUT2D eigenvalue weighted by molar-refractivity contribution is 8.01. The lowest BCUT2D eigenvalue weighted by atomic mass is 10.0. The number of amides is 4. The van der Waals surface area contributed by atoms with Gasteiger partial charge in [-0.25, -0.2) is 27.8 Å². The van der Waals surface area contributed by atoms with Crippen LogP contribution in [-0.2, 0) is 31.0 Å². The molecule has 4 rings (SSSR count). The molecular weight excluding hydrogens is 588 g/mol. The maximum Gasteiger partial charge on any atom is 0.352 e. The third-order valence-electron chi connectivity index (χ3n) is 5.83. The zero-order valence-corrected chi connectivity index (χ0v) is 22.9. The standard InChI is InChI=1S/C20H24N10O7S3/c21-12(9-1-3-11(4-2-9)24-19(22)35)15(31)25-13-16(32)30-14(18(33)34)10(7-38-17(13)30)8-39-20-26-27-28-29(20)5-6-40(23,36)37/h1-4,12-13,17H,5-8,21H2,(H,25,31)(H,33,34)(H3,22,24,35)(H2,23,36,37)/t12?,13?,17-/m1/s1. The van der Waals surface area contributed by atoms with Crippen molar-refractivity contribution in [3.8, 4) is 0 Å². The molecule has 2 aliphatic heterocycles.